The van der Waals surface area contributed by atoms with Crippen molar-refractivity contribution in [1.82, 2.24) is 15.2 Å². The Morgan fingerprint density at radius 2 is 2.25 bits per heavy atom. The summed E-state index contributed by atoms with van der Waals surface area (Å²) in [6.07, 6.45) is 1.90. The highest BCUT2D eigenvalue weighted by atomic mass is 32.2. The second kappa shape index (κ2) is 6.67. The largest absolute Gasteiger partial charge is 0.475 e. The van der Waals surface area contributed by atoms with Crippen LogP contribution < -0.4 is 10.1 Å². The maximum Gasteiger partial charge on any atom is 0.257 e. The van der Waals surface area contributed by atoms with Gasteiger partial charge in [0.2, 0.25) is 11.0 Å². The van der Waals surface area contributed by atoms with Crippen LogP contribution >= 0.6 is 23.1 Å². The molecule has 0 aromatic carbocycles. The number of nitrogens with zero attached hydrogens (tertiary/aromatic N) is 3. The number of carbonyl (C=O) groups excluding carboxylic acids is 1. The molecule has 0 atom stereocenters. The molecule has 0 fully saturated rings. The standard InChI is InChI=1S/C12H14N4O2S2/c1-7(2)18-9-4-8(5-10(14-9)19-3)11(17)15-12-16-13-6-20-12/h4-7H,1-3H3,(H,15,16,17). The van der Waals surface area contributed by atoms with Gasteiger partial charge in [0, 0.05) is 11.6 Å². The molecule has 0 radical (unpaired) electrons. The van der Waals surface area contributed by atoms with Crippen molar-refractivity contribution in [3.8, 4) is 5.88 Å². The highest BCUT2D eigenvalue weighted by molar-refractivity contribution is 7.98. The zero-order valence-electron chi connectivity index (χ0n) is 11.3. The molecule has 106 valence electrons. The van der Waals surface area contributed by atoms with Crippen LogP contribution in [0.5, 0.6) is 5.88 Å². The number of aromatic nitrogens is 3. The quantitative estimate of drug-likeness (QED) is 0.856. The van der Waals surface area contributed by atoms with Crippen LogP contribution in [0.3, 0.4) is 0 Å². The topological polar surface area (TPSA) is 77.0 Å². The third kappa shape index (κ3) is 3.91. The molecular formula is C12H14N4O2S2. The minimum absolute atomic E-state index is 0.00122. The van der Waals surface area contributed by atoms with Gasteiger partial charge in [-0.1, -0.05) is 11.3 Å². The predicted octanol–water partition coefficient (Wildman–Crippen LogP) is 2.69. The molecule has 0 saturated carbocycles. The monoisotopic (exact) mass is 310 g/mol. The van der Waals surface area contributed by atoms with Gasteiger partial charge in [-0.15, -0.1) is 22.0 Å². The van der Waals surface area contributed by atoms with E-state index < -0.39 is 0 Å². The number of carbonyl (C=O) groups is 1. The summed E-state index contributed by atoms with van der Waals surface area (Å²) < 4.78 is 5.55. The van der Waals surface area contributed by atoms with Gasteiger partial charge in [-0.25, -0.2) is 4.98 Å². The van der Waals surface area contributed by atoms with Gasteiger partial charge in [0.1, 0.15) is 10.5 Å². The van der Waals surface area contributed by atoms with Crippen molar-refractivity contribution in [3.63, 3.8) is 0 Å². The number of rotatable bonds is 5. The first kappa shape index (κ1) is 14.7. The Morgan fingerprint density at radius 1 is 1.45 bits per heavy atom. The Hall–Kier alpha value is -1.67. The van der Waals surface area contributed by atoms with E-state index in [1.807, 2.05) is 20.1 Å². The lowest BCUT2D eigenvalue weighted by molar-refractivity contribution is 0.102. The normalized spacial score (nSPS) is 10.6. The van der Waals surface area contributed by atoms with Crippen LogP contribution in [0.1, 0.15) is 24.2 Å². The van der Waals surface area contributed by atoms with Gasteiger partial charge in [0.05, 0.1) is 6.10 Å². The average Bonchev–Trinajstić information content (AvgIpc) is 2.90. The first-order valence-corrected chi connectivity index (χ1v) is 7.99. The molecule has 0 aliphatic carbocycles. The lowest BCUT2D eigenvalue weighted by atomic mass is 10.2. The van der Waals surface area contributed by atoms with Gasteiger partial charge in [0.25, 0.3) is 5.91 Å². The van der Waals surface area contributed by atoms with Crippen LogP contribution in [0.4, 0.5) is 5.13 Å². The summed E-state index contributed by atoms with van der Waals surface area (Å²) >= 11 is 2.72. The van der Waals surface area contributed by atoms with Crippen LogP contribution in [0, 0.1) is 0 Å². The van der Waals surface area contributed by atoms with Crippen LogP contribution in [-0.2, 0) is 0 Å². The van der Waals surface area contributed by atoms with Crippen molar-refractivity contribution in [2.75, 3.05) is 11.6 Å². The Balaban J connectivity index is 2.23. The maximum absolute atomic E-state index is 12.2. The molecular weight excluding hydrogens is 296 g/mol. The fourth-order valence-electron chi connectivity index (χ4n) is 1.42. The van der Waals surface area contributed by atoms with Crippen LogP contribution in [-0.4, -0.2) is 33.4 Å². The van der Waals surface area contributed by atoms with E-state index >= 15 is 0 Å². The van der Waals surface area contributed by atoms with Crippen molar-refractivity contribution in [3.05, 3.63) is 23.2 Å². The van der Waals surface area contributed by atoms with Crippen molar-refractivity contribution in [2.45, 2.75) is 25.0 Å². The first-order chi connectivity index (χ1) is 9.58. The molecule has 0 aliphatic heterocycles. The minimum Gasteiger partial charge on any atom is -0.475 e. The number of thioether (sulfide) groups is 1. The Labute approximate surface area is 125 Å². The number of anilines is 1. The molecule has 2 rings (SSSR count). The molecule has 0 spiro atoms. The molecule has 8 heteroatoms. The number of nitrogens with one attached hydrogen (secondary N) is 1. The third-order valence-corrected chi connectivity index (χ3v) is 3.42. The van der Waals surface area contributed by atoms with Crippen LogP contribution in [0.15, 0.2) is 22.7 Å². The van der Waals surface area contributed by atoms with Crippen molar-refractivity contribution in [1.29, 1.82) is 0 Å². The molecule has 0 bridgehead atoms. The number of hydrogen-bond donors (Lipinski definition) is 1. The second-order valence-electron chi connectivity index (χ2n) is 4.10. The molecule has 2 aromatic rings. The van der Waals surface area contributed by atoms with Crippen molar-refractivity contribution < 1.29 is 9.53 Å². The van der Waals surface area contributed by atoms with E-state index in [0.717, 1.165) is 5.03 Å². The number of amides is 1. The second-order valence-corrected chi connectivity index (χ2v) is 5.76. The zero-order valence-corrected chi connectivity index (χ0v) is 12.9. The van der Waals surface area contributed by atoms with Gasteiger partial charge >= 0.3 is 0 Å². The van der Waals surface area contributed by atoms with Crippen molar-refractivity contribution in [2.24, 2.45) is 0 Å². The molecule has 6 nitrogen and oxygen atoms in total. The molecule has 2 heterocycles. The molecule has 0 aliphatic rings. The Kier molecular flexibility index (Phi) is 4.91. The Morgan fingerprint density at radius 3 is 2.85 bits per heavy atom. The lowest BCUT2D eigenvalue weighted by Gasteiger charge is -2.11. The fourth-order valence-corrected chi connectivity index (χ4v) is 2.28. The summed E-state index contributed by atoms with van der Waals surface area (Å²) in [6.45, 7) is 3.82. The summed E-state index contributed by atoms with van der Waals surface area (Å²) in [5.41, 5.74) is 2.04. The van der Waals surface area contributed by atoms with E-state index in [1.54, 1.807) is 17.6 Å². The van der Waals surface area contributed by atoms with Crippen LogP contribution in [0.2, 0.25) is 0 Å². The maximum atomic E-state index is 12.2. The number of pyridine rings is 1. The molecule has 1 N–H and O–H groups in total. The molecule has 1 amide bonds. The summed E-state index contributed by atoms with van der Waals surface area (Å²) in [4.78, 5) is 16.5. The minimum atomic E-state index is -0.256. The molecule has 20 heavy (non-hydrogen) atoms. The van der Waals surface area contributed by atoms with Gasteiger partial charge in [-0.05, 0) is 26.2 Å². The smallest absolute Gasteiger partial charge is 0.257 e. The Bertz CT molecular complexity index is 587. The van der Waals surface area contributed by atoms with E-state index in [9.17, 15) is 4.79 Å². The van der Waals surface area contributed by atoms with Gasteiger partial charge in [-0.3, -0.25) is 10.1 Å². The summed E-state index contributed by atoms with van der Waals surface area (Å²) in [5.74, 6) is 0.183. The SMILES string of the molecule is CSc1cc(C(=O)Nc2nncs2)cc(OC(C)C)n1. The molecule has 2 aromatic heterocycles. The molecule has 0 unspecified atom stereocenters. The first-order valence-electron chi connectivity index (χ1n) is 5.88. The highest BCUT2D eigenvalue weighted by Crippen LogP contribution is 2.21. The van der Waals surface area contributed by atoms with Gasteiger partial charge in [-0.2, -0.15) is 0 Å². The van der Waals surface area contributed by atoms with E-state index in [0.29, 0.717) is 16.6 Å². The van der Waals surface area contributed by atoms with Crippen LogP contribution in [0.25, 0.3) is 0 Å². The zero-order chi connectivity index (χ0) is 14.5. The summed E-state index contributed by atoms with van der Waals surface area (Å²) in [7, 11) is 0. The molecule has 0 saturated heterocycles. The number of hydrogen-bond acceptors (Lipinski definition) is 7. The number of ether oxygens (including phenoxy) is 1. The van der Waals surface area contributed by atoms with E-state index in [-0.39, 0.29) is 12.0 Å². The van der Waals surface area contributed by atoms with E-state index in [1.165, 1.54) is 23.1 Å². The van der Waals surface area contributed by atoms with E-state index in [4.69, 9.17) is 4.74 Å². The average molecular weight is 310 g/mol. The predicted molar refractivity (Wildman–Crippen MR) is 79.6 cm³/mol. The van der Waals surface area contributed by atoms with Gasteiger partial charge < -0.3 is 4.74 Å². The third-order valence-electron chi connectivity index (χ3n) is 2.19. The summed E-state index contributed by atoms with van der Waals surface area (Å²) in [5, 5.41) is 11.3. The van der Waals surface area contributed by atoms with Gasteiger partial charge in [0.15, 0.2) is 0 Å². The van der Waals surface area contributed by atoms with E-state index in [2.05, 4.69) is 20.5 Å². The van der Waals surface area contributed by atoms with Crippen molar-refractivity contribution >= 4 is 34.1 Å². The highest BCUT2D eigenvalue weighted by Gasteiger charge is 2.12. The summed E-state index contributed by atoms with van der Waals surface area (Å²) in [6, 6.07) is 3.34. The fraction of sp³-hybridized carbons (Fsp3) is 0.333. The lowest BCUT2D eigenvalue weighted by Crippen LogP contribution is -2.14.